The molecular formula is C36H33BrClN3O4S. The number of carbonyl (C=O) groups excluding carboxylic acids is 1. The van der Waals surface area contributed by atoms with Crippen LogP contribution in [-0.2, 0) is 16.1 Å². The van der Waals surface area contributed by atoms with Gasteiger partial charge < -0.3 is 14.0 Å². The number of aromatic nitrogens is 2. The van der Waals surface area contributed by atoms with E-state index in [1.165, 1.54) is 18.4 Å². The number of allylic oxidation sites excluding steroid dienone is 1. The molecule has 0 bridgehead atoms. The summed E-state index contributed by atoms with van der Waals surface area (Å²) in [7, 11) is 1.33. The number of aryl methyl sites for hydroxylation is 1. The van der Waals surface area contributed by atoms with Gasteiger partial charge in [0.15, 0.2) is 4.80 Å². The van der Waals surface area contributed by atoms with Gasteiger partial charge >= 0.3 is 5.97 Å². The van der Waals surface area contributed by atoms with E-state index in [0.29, 0.717) is 37.9 Å². The molecular weight excluding hydrogens is 686 g/mol. The first-order valence-corrected chi connectivity index (χ1v) is 16.9. The van der Waals surface area contributed by atoms with Gasteiger partial charge in [0.1, 0.15) is 11.8 Å². The molecule has 6 rings (SSSR count). The molecule has 0 unspecified atom stereocenters. The molecule has 1 aliphatic heterocycles. The lowest BCUT2D eigenvalue weighted by molar-refractivity contribution is -0.136. The average molecular weight is 719 g/mol. The van der Waals surface area contributed by atoms with E-state index in [-0.39, 0.29) is 17.2 Å². The minimum Gasteiger partial charge on any atom is -0.491 e. The molecule has 10 heteroatoms. The highest BCUT2D eigenvalue weighted by molar-refractivity contribution is 9.10. The summed E-state index contributed by atoms with van der Waals surface area (Å²) in [6.45, 7) is 10.4. The second-order valence-corrected chi connectivity index (χ2v) is 13.9. The number of carbonyl (C=O) groups is 1. The summed E-state index contributed by atoms with van der Waals surface area (Å²) in [6.07, 6.45) is 1.82. The molecule has 0 amide bonds. The predicted octanol–water partition coefficient (Wildman–Crippen LogP) is 7.23. The van der Waals surface area contributed by atoms with Crippen LogP contribution in [0.5, 0.6) is 5.75 Å². The van der Waals surface area contributed by atoms with E-state index >= 15 is 0 Å². The van der Waals surface area contributed by atoms with Crippen LogP contribution in [0, 0.1) is 13.8 Å². The number of ether oxygens (including phenoxy) is 2. The smallest absolute Gasteiger partial charge is 0.338 e. The quantitative estimate of drug-likeness (QED) is 0.167. The third-order valence-electron chi connectivity index (χ3n) is 8.21. The summed E-state index contributed by atoms with van der Waals surface area (Å²) in [4.78, 5) is 33.0. The van der Waals surface area contributed by atoms with Crippen molar-refractivity contribution in [3.63, 3.8) is 0 Å². The maximum atomic E-state index is 14.5. The predicted molar refractivity (Wildman–Crippen MR) is 188 cm³/mol. The fourth-order valence-corrected chi connectivity index (χ4v) is 7.73. The van der Waals surface area contributed by atoms with Gasteiger partial charge in [-0.3, -0.25) is 9.36 Å². The molecule has 1 atom stereocenters. The third-order valence-corrected chi connectivity index (χ3v) is 10.1. The Balaban J connectivity index is 1.60. The van der Waals surface area contributed by atoms with Crippen molar-refractivity contribution in [3.8, 4) is 5.75 Å². The molecule has 236 valence electrons. The van der Waals surface area contributed by atoms with Crippen LogP contribution < -0.4 is 19.6 Å². The molecule has 3 aromatic carbocycles. The molecule has 0 saturated heterocycles. The van der Waals surface area contributed by atoms with Crippen molar-refractivity contribution in [2.24, 2.45) is 4.99 Å². The van der Waals surface area contributed by atoms with E-state index in [4.69, 9.17) is 26.1 Å². The fraction of sp³-hybridized carbons (Fsp3) is 0.250. The number of nitrogens with zero attached hydrogens (tertiary/aromatic N) is 3. The Kier molecular flexibility index (Phi) is 8.85. The average Bonchev–Trinajstić information content (AvgIpc) is 3.46. The maximum absolute atomic E-state index is 14.5. The molecule has 46 heavy (non-hydrogen) atoms. The van der Waals surface area contributed by atoms with E-state index < -0.39 is 12.0 Å². The van der Waals surface area contributed by atoms with Crippen LogP contribution in [0.15, 0.2) is 86.2 Å². The number of rotatable bonds is 7. The van der Waals surface area contributed by atoms with E-state index in [9.17, 15) is 9.59 Å². The van der Waals surface area contributed by atoms with E-state index in [0.717, 1.165) is 37.8 Å². The molecule has 1 aliphatic rings. The van der Waals surface area contributed by atoms with E-state index in [1.54, 1.807) is 11.5 Å². The lowest BCUT2D eigenvalue weighted by atomic mass is 9.95. The standard InChI is InChI=1S/C36H33BrClN3O4S/c1-19(2)45-29-15-14-24(37)16-27(29)33-31(35(43)44-6)21(4)39-36-41(33)34(42)30(46-36)17-26-22(5)40(18-23-11-7-8-13-28(23)38)32-20(3)10-9-12-25(26)32/h7-17,19,33H,18H2,1-6H3/b30-17-/t33-/m0/s1. The summed E-state index contributed by atoms with van der Waals surface area (Å²) in [5, 5.41) is 1.75. The Bertz CT molecular complexity index is 2250. The zero-order valence-electron chi connectivity index (χ0n) is 26.4. The molecule has 3 heterocycles. The third kappa shape index (κ3) is 5.65. The molecule has 0 saturated carbocycles. The topological polar surface area (TPSA) is 74.8 Å². The molecule has 0 N–H and O–H groups in total. The number of fused-ring (bicyclic) bond motifs is 2. The molecule has 2 aromatic heterocycles. The first kappa shape index (κ1) is 32.0. The highest BCUT2D eigenvalue weighted by atomic mass is 79.9. The van der Waals surface area contributed by atoms with Crippen molar-refractivity contribution in [2.75, 3.05) is 7.11 Å². The van der Waals surface area contributed by atoms with Gasteiger partial charge in [-0.2, -0.15) is 0 Å². The van der Waals surface area contributed by atoms with Crippen molar-refractivity contribution < 1.29 is 14.3 Å². The highest BCUT2D eigenvalue weighted by Gasteiger charge is 2.35. The first-order valence-electron chi connectivity index (χ1n) is 14.9. The Morgan fingerprint density at radius 3 is 2.59 bits per heavy atom. The molecule has 5 aromatic rings. The van der Waals surface area contributed by atoms with Gasteiger partial charge in [-0.25, -0.2) is 9.79 Å². The van der Waals surface area contributed by atoms with Gasteiger partial charge in [0.25, 0.3) is 5.56 Å². The Labute approximate surface area is 284 Å². The van der Waals surface area contributed by atoms with Gasteiger partial charge in [0.05, 0.1) is 34.5 Å². The Hall–Kier alpha value is -3.92. The lowest BCUT2D eigenvalue weighted by Crippen LogP contribution is -2.40. The number of thiazole rings is 1. The van der Waals surface area contributed by atoms with Crippen molar-refractivity contribution in [2.45, 2.75) is 53.3 Å². The van der Waals surface area contributed by atoms with Crippen LogP contribution in [-0.4, -0.2) is 28.3 Å². The lowest BCUT2D eigenvalue weighted by Gasteiger charge is -2.26. The van der Waals surface area contributed by atoms with Crippen LogP contribution >= 0.6 is 38.9 Å². The van der Waals surface area contributed by atoms with Crippen LogP contribution in [0.2, 0.25) is 5.02 Å². The van der Waals surface area contributed by atoms with Crippen LogP contribution in [0.25, 0.3) is 17.0 Å². The molecule has 0 radical (unpaired) electrons. The number of para-hydroxylation sites is 1. The van der Waals surface area contributed by atoms with Gasteiger partial charge in [0.2, 0.25) is 0 Å². The van der Waals surface area contributed by atoms with Crippen molar-refractivity contribution in [3.05, 3.63) is 129 Å². The molecule has 7 nitrogen and oxygen atoms in total. The second-order valence-electron chi connectivity index (χ2n) is 11.6. The van der Waals surface area contributed by atoms with Crippen LogP contribution in [0.3, 0.4) is 0 Å². The molecule has 0 aliphatic carbocycles. The van der Waals surface area contributed by atoms with Gasteiger partial charge in [-0.1, -0.05) is 75.3 Å². The van der Waals surface area contributed by atoms with E-state index in [2.05, 4.69) is 46.5 Å². The molecule has 0 fully saturated rings. The van der Waals surface area contributed by atoms with E-state index in [1.807, 2.05) is 68.5 Å². The van der Waals surface area contributed by atoms with Crippen molar-refractivity contribution in [1.29, 1.82) is 0 Å². The Morgan fingerprint density at radius 1 is 1.11 bits per heavy atom. The number of esters is 1. The number of hydrogen-bond acceptors (Lipinski definition) is 6. The minimum absolute atomic E-state index is 0.128. The monoisotopic (exact) mass is 717 g/mol. The maximum Gasteiger partial charge on any atom is 0.338 e. The summed E-state index contributed by atoms with van der Waals surface area (Å²) in [5.74, 6) is 0.0211. The summed E-state index contributed by atoms with van der Waals surface area (Å²) >= 11 is 11.5. The second kappa shape index (κ2) is 12.7. The summed E-state index contributed by atoms with van der Waals surface area (Å²) in [6, 6.07) is 18.9. The number of halogens is 2. The van der Waals surface area contributed by atoms with Gasteiger partial charge in [0, 0.05) is 38.2 Å². The zero-order chi connectivity index (χ0) is 32.9. The Morgan fingerprint density at radius 2 is 1.87 bits per heavy atom. The van der Waals surface area contributed by atoms with Gasteiger partial charge in [-0.15, -0.1) is 0 Å². The normalized spacial score (nSPS) is 15.0. The van der Waals surface area contributed by atoms with Gasteiger partial charge in [-0.05, 0) is 76.1 Å². The minimum atomic E-state index is -0.804. The highest BCUT2D eigenvalue weighted by Crippen LogP contribution is 2.38. The largest absolute Gasteiger partial charge is 0.491 e. The van der Waals surface area contributed by atoms with Crippen molar-refractivity contribution >= 4 is 61.8 Å². The number of hydrogen-bond donors (Lipinski definition) is 0. The number of methoxy groups -OCH3 is 1. The van der Waals surface area contributed by atoms with Crippen LogP contribution in [0.4, 0.5) is 0 Å². The van der Waals surface area contributed by atoms with Crippen molar-refractivity contribution in [1.82, 2.24) is 9.13 Å². The zero-order valence-corrected chi connectivity index (χ0v) is 29.5. The first-order chi connectivity index (χ1) is 22.0. The fourth-order valence-electron chi connectivity index (χ4n) is 6.13. The molecule has 0 spiro atoms. The summed E-state index contributed by atoms with van der Waals surface area (Å²) in [5.41, 5.74) is 6.37. The summed E-state index contributed by atoms with van der Waals surface area (Å²) < 4.78 is 16.5. The SMILES string of the molecule is COC(=O)C1=C(C)N=c2s/c(=C\c3c(C)n(Cc4ccccc4Cl)c4c(C)cccc34)c(=O)n2[C@H]1c1cc(Br)ccc1OC(C)C. The van der Waals surface area contributed by atoms with Crippen LogP contribution in [0.1, 0.15) is 54.8 Å². The number of benzene rings is 3.